The molecular weight excluding hydrogens is 268 g/mol. The Balaban J connectivity index is 1.72. The average Bonchev–Trinajstić information content (AvgIpc) is 2.97. The van der Waals surface area contributed by atoms with Gasteiger partial charge in [-0.05, 0) is 25.0 Å². The molecule has 7 nitrogen and oxygen atoms in total. The van der Waals surface area contributed by atoms with E-state index in [9.17, 15) is 4.79 Å². The molecule has 0 bridgehead atoms. The molecular formula is C14H20N6O. The number of nitrogens with two attached hydrogens (primary N) is 1. The van der Waals surface area contributed by atoms with Crippen LogP contribution < -0.4 is 16.0 Å². The summed E-state index contributed by atoms with van der Waals surface area (Å²) in [6.45, 7) is 2.54. The molecule has 0 spiro atoms. The number of hydrogen-bond acceptors (Lipinski definition) is 5. The van der Waals surface area contributed by atoms with E-state index in [0.29, 0.717) is 25.6 Å². The first kappa shape index (κ1) is 13.8. The predicted molar refractivity (Wildman–Crippen MR) is 80.0 cm³/mol. The van der Waals surface area contributed by atoms with E-state index >= 15 is 0 Å². The Morgan fingerprint density at radius 2 is 2.38 bits per heavy atom. The maximum Gasteiger partial charge on any atom is 0.245 e. The smallest absolute Gasteiger partial charge is 0.245 e. The van der Waals surface area contributed by atoms with Gasteiger partial charge in [0.2, 0.25) is 11.9 Å². The van der Waals surface area contributed by atoms with Crippen LogP contribution in [0.15, 0.2) is 24.4 Å². The van der Waals surface area contributed by atoms with Gasteiger partial charge < -0.3 is 16.0 Å². The molecule has 0 aromatic carbocycles. The van der Waals surface area contributed by atoms with E-state index in [1.54, 1.807) is 4.52 Å². The number of pyridine rings is 1. The molecule has 1 amide bonds. The highest BCUT2D eigenvalue weighted by Crippen LogP contribution is 2.21. The maximum absolute atomic E-state index is 12.1. The Bertz CT molecular complexity index is 592. The van der Waals surface area contributed by atoms with Crippen LogP contribution in [0.25, 0.3) is 5.65 Å². The van der Waals surface area contributed by atoms with E-state index in [4.69, 9.17) is 5.73 Å². The van der Waals surface area contributed by atoms with E-state index in [2.05, 4.69) is 20.3 Å². The number of carbonyl (C=O) groups is 1. The summed E-state index contributed by atoms with van der Waals surface area (Å²) in [5, 5.41) is 7.34. The first-order valence-electron chi connectivity index (χ1n) is 7.32. The van der Waals surface area contributed by atoms with Crippen molar-refractivity contribution in [1.82, 2.24) is 19.9 Å². The van der Waals surface area contributed by atoms with Gasteiger partial charge in [0, 0.05) is 32.4 Å². The number of fused-ring (bicyclic) bond motifs is 1. The molecule has 112 valence electrons. The van der Waals surface area contributed by atoms with Gasteiger partial charge in [-0.1, -0.05) is 6.07 Å². The molecule has 1 atom stereocenters. The first-order chi connectivity index (χ1) is 10.3. The number of piperidine rings is 1. The van der Waals surface area contributed by atoms with Crippen molar-refractivity contribution in [1.29, 1.82) is 0 Å². The number of amides is 1. The van der Waals surface area contributed by atoms with Crippen molar-refractivity contribution in [2.45, 2.75) is 12.8 Å². The van der Waals surface area contributed by atoms with Gasteiger partial charge in [-0.25, -0.2) is 4.52 Å². The lowest BCUT2D eigenvalue weighted by Crippen LogP contribution is -2.44. The lowest BCUT2D eigenvalue weighted by atomic mass is 9.97. The lowest BCUT2D eigenvalue weighted by molar-refractivity contribution is -0.125. The monoisotopic (exact) mass is 288 g/mol. The Morgan fingerprint density at radius 3 is 3.19 bits per heavy atom. The van der Waals surface area contributed by atoms with Crippen molar-refractivity contribution in [3.63, 3.8) is 0 Å². The second-order valence-corrected chi connectivity index (χ2v) is 5.28. The molecule has 1 saturated heterocycles. The van der Waals surface area contributed by atoms with Crippen LogP contribution in [0.2, 0.25) is 0 Å². The fourth-order valence-corrected chi connectivity index (χ4v) is 2.67. The number of carbonyl (C=O) groups excluding carboxylic acids is 1. The van der Waals surface area contributed by atoms with Gasteiger partial charge >= 0.3 is 0 Å². The minimum absolute atomic E-state index is 0.0167. The number of nitrogens with one attached hydrogen (secondary N) is 1. The number of aromatic nitrogens is 3. The van der Waals surface area contributed by atoms with E-state index < -0.39 is 0 Å². The van der Waals surface area contributed by atoms with Crippen molar-refractivity contribution in [2.75, 3.05) is 31.1 Å². The van der Waals surface area contributed by atoms with Crippen molar-refractivity contribution >= 4 is 17.5 Å². The number of hydrogen-bond donors (Lipinski definition) is 2. The summed E-state index contributed by atoms with van der Waals surface area (Å²) in [5.74, 6) is 0.753. The molecule has 2 aromatic heterocycles. The van der Waals surface area contributed by atoms with Gasteiger partial charge in [0.05, 0.1) is 5.92 Å². The van der Waals surface area contributed by atoms with Gasteiger partial charge in [-0.2, -0.15) is 4.98 Å². The quantitative estimate of drug-likeness (QED) is 0.828. The van der Waals surface area contributed by atoms with Crippen LogP contribution in [0.4, 0.5) is 5.95 Å². The molecule has 3 N–H and O–H groups in total. The summed E-state index contributed by atoms with van der Waals surface area (Å²) in [4.78, 5) is 18.7. The van der Waals surface area contributed by atoms with Crippen LogP contribution in [0.5, 0.6) is 0 Å². The standard InChI is InChI=1S/C14H20N6O/c15-6-7-16-13(21)11-4-3-8-19(10-11)14-17-12-5-1-2-9-20(12)18-14/h1-2,5,9,11H,3-4,6-8,10,15H2,(H,16,21). The summed E-state index contributed by atoms with van der Waals surface area (Å²) >= 11 is 0. The lowest BCUT2D eigenvalue weighted by Gasteiger charge is -2.31. The van der Waals surface area contributed by atoms with E-state index in [0.717, 1.165) is 25.0 Å². The third-order valence-electron chi connectivity index (χ3n) is 3.75. The normalized spacial score (nSPS) is 18.9. The third-order valence-corrected chi connectivity index (χ3v) is 3.75. The van der Waals surface area contributed by atoms with Crippen molar-refractivity contribution in [3.05, 3.63) is 24.4 Å². The molecule has 21 heavy (non-hydrogen) atoms. The summed E-state index contributed by atoms with van der Waals surface area (Å²) in [5.41, 5.74) is 6.24. The highest BCUT2D eigenvalue weighted by atomic mass is 16.1. The second-order valence-electron chi connectivity index (χ2n) is 5.28. The van der Waals surface area contributed by atoms with Crippen molar-refractivity contribution in [3.8, 4) is 0 Å². The molecule has 7 heteroatoms. The summed E-state index contributed by atoms with van der Waals surface area (Å²) in [6.07, 6.45) is 3.75. The Hall–Kier alpha value is -2.15. The third kappa shape index (κ3) is 2.97. The largest absolute Gasteiger partial charge is 0.355 e. The molecule has 1 aliphatic rings. The highest BCUT2D eigenvalue weighted by Gasteiger charge is 2.27. The van der Waals surface area contributed by atoms with Crippen molar-refractivity contribution in [2.24, 2.45) is 11.7 Å². The summed E-state index contributed by atoms with van der Waals surface area (Å²) in [6, 6.07) is 5.78. The Labute approximate surface area is 123 Å². The van der Waals surface area contributed by atoms with Crippen LogP contribution in [-0.2, 0) is 4.79 Å². The summed E-state index contributed by atoms with van der Waals surface area (Å²) in [7, 11) is 0. The SMILES string of the molecule is NCCNC(=O)C1CCCN(c2nc3ccccn3n2)C1. The molecule has 1 aliphatic heterocycles. The number of anilines is 1. The molecule has 2 aromatic rings. The van der Waals surface area contributed by atoms with Crippen LogP contribution in [0, 0.1) is 5.92 Å². The summed E-state index contributed by atoms with van der Waals surface area (Å²) < 4.78 is 1.76. The first-order valence-corrected chi connectivity index (χ1v) is 7.32. The maximum atomic E-state index is 12.1. The minimum Gasteiger partial charge on any atom is -0.355 e. The average molecular weight is 288 g/mol. The topological polar surface area (TPSA) is 88.5 Å². The molecule has 0 aliphatic carbocycles. The fourth-order valence-electron chi connectivity index (χ4n) is 2.67. The van der Waals surface area contributed by atoms with Crippen LogP contribution in [0.1, 0.15) is 12.8 Å². The zero-order chi connectivity index (χ0) is 14.7. The molecule has 3 heterocycles. The Morgan fingerprint density at radius 1 is 1.48 bits per heavy atom. The van der Waals surface area contributed by atoms with Crippen LogP contribution in [-0.4, -0.2) is 46.7 Å². The van der Waals surface area contributed by atoms with Gasteiger partial charge in [-0.15, -0.1) is 5.10 Å². The Kier molecular flexibility index (Phi) is 4.01. The van der Waals surface area contributed by atoms with E-state index in [-0.39, 0.29) is 11.8 Å². The zero-order valence-electron chi connectivity index (χ0n) is 11.9. The van der Waals surface area contributed by atoms with Gasteiger partial charge in [-0.3, -0.25) is 4.79 Å². The molecule has 0 saturated carbocycles. The van der Waals surface area contributed by atoms with Crippen LogP contribution in [0.3, 0.4) is 0 Å². The minimum atomic E-state index is -0.0167. The second kappa shape index (κ2) is 6.09. The molecule has 1 unspecified atom stereocenters. The van der Waals surface area contributed by atoms with Gasteiger partial charge in [0.25, 0.3) is 0 Å². The number of rotatable bonds is 4. The van der Waals surface area contributed by atoms with E-state index in [1.165, 1.54) is 0 Å². The molecule has 3 rings (SSSR count). The highest BCUT2D eigenvalue weighted by molar-refractivity contribution is 5.79. The number of nitrogens with zero attached hydrogens (tertiary/aromatic N) is 4. The zero-order valence-corrected chi connectivity index (χ0v) is 11.9. The van der Waals surface area contributed by atoms with E-state index in [1.807, 2.05) is 24.4 Å². The van der Waals surface area contributed by atoms with Crippen LogP contribution >= 0.6 is 0 Å². The van der Waals surface area contributed by atoms with Crippen molar-refractivity contribution < 1.29 is 4.79 Å². The predicted octanol–water partition coefficient (Wildman–Crippen LogP) is 0.0206. The molecule has 1 fully saturated rings. The molecule has 0 radical (unpaired) electrons. The fraction of sp³-hybridized carbons (Fsp3) is 0.500. The van der Waals surface area contributed by atoms with Gasteiger partial charge in [0.15, 0.2) is 5.65 Å². The van der Waals surface area contributed by atoms with Gasteiger partial charge in [0.1, 0.15) is 0 Å².